The Balaban J connectivity index is 1.26. The van der Waals surface area contributed by atoms with Crippen LogP contribution in [0.5, 0.6) is 5.75 Å². The first kappa shape index (κ1) is 21.9. The Morgan fingerprint density at radius 1 is 0.909 bits per heavy atom. The first-order valence-corrected chi connectivity index (χ1v) is 12.3. The zero-order valence-electron chi connectivity index (χ0n) is 17.4. The molecule has 0 spiro atoms. The van der Waals surface area contributed by atoms with Crippen LogP contribution in [0.25, 0.3) is 16.8 Å². The predicted octanol–water partition coefficient (Wildman–Crippen LogP) is 7.59. The number of carbonyl (C=O) groups excluding carboxylic acids is 1. The molecule has 1 heterocycles. The molecular formula is C27H18BrNO2S2. The van der Waals surface area contributed by atoms with E-state index >= 15 is 0 Å². The molecular weight excluding hydrogens is 514 g/mol. The Hall–Kier alpha value is -2.93. The van der Waals surface area contributed by atoms with Crippen molar-refractivity contribution in [3.05, 3.63) is 112 Å². The zero-order valence-corrected chi connectivity index (χ0v) is 20.6. The van der Waals surface area contributed by atoms with Gasteiger partial charge in [-0.1, -0.05) is 88.4 Å². The first-order valence-electron chi connectivity index (χ1n) is 10.3. The van der Waals surface area contributed by atoms with Gasteiger partial charge in [0.25, 0.3) is 5.91 Å². The lowest BCUT2D eigenvalue weighted by molar-refractivity contribution is -0.113. The third-order valence-electron chi connectivity index (χ3n) is 5.28. The number of carbonyl (C=O) groups is 1. The van der Waals surface area contributed by atoms with Crippen molar-refractivity contribution in [1.29, 1.82) is 0 Å². The number of thiocarbonyl (C=S) groups is 1. The second-order valence-electron chi connectivity index (χ2n) is 7.53. The third-order valence-corrected chi connectivity index (χ3v) is 7.11. The molecule has 1 aliphatic rings. The van der Waals surface area contributed by atoms with Crippen molar-refractivity contribution in [2.75, 3.05) is 4.90 Å². The van der Waals surface area contributed by atoms with Gasteiger partial charge in [-0.2, -0.15) is 0 Å². The molecule has 33 heavy (non-hydrogen) atoms. The normalized spacial score (nSPS) is 14.9. The minimum absolute atomic E-state index is 0.107. The molecule has 162 valence electrons. The van der Waals surface area contributed by atoms with E-state index in [1.54, 1.807) is 4.90 Å². The smallest absolute Gasteiger partial charge is 0.270 e. The second-order valence-corrected chi connectivity index (χ2v) is 10.1. The van der Waals surface area contributed by atoms with Gasteiger partial charge >= 0.3 is 0 Å². The topological polar surface area (TPSA) is 29.5 Å². The summed E-state index contributed by atoms with van der Waals surface area (Å²) in [5, 5.41) is 2.42. The molecule has 0 radical (unpaired) electrons. The van der Waals surface area contributed by atoms with E-state index in [-0.39, 0.29) is 5.91 Å². The summed E-state index contributed by atoms with van der Waals surface area (Å²) in [7, 11) is 0. The van der Waals surface area contributed by atoms with Crippen LogP contribution in [-0.2, 0) is 11.4 Å². The van der Waals surface area contributed by atoms with Gasteiger partial charge in [-0.3, -0.25) is 9.69 Å². The number of hydrogen-bond acceptors (Lipinski definition) is 4. The van der Waals surface area contributed by atoms with Gasteiger partial charge in [0.1, 0.15) is 12.4 Å². The van der Waals surface area contributed by atoms with Gasteiger partial charge in [-0.25, -0.2) is 0 Å². The molecule has 6 heteroatoms. The Labute approximate surface area is 210 Å². The van der Waals surface area contributed by atoms with Gasteiger partial charge in [-0.15, -0.1) is 0 Å². The predicted molar refractivity (Wildman–Crippen MR) is 145 cm³/mol. The first-order chi connectivity index (χ1) is 16.1. The van der Waals surface area contributed by atoms with Crippen LogP contribution in [0.15, 0.2) is 100 Å². The maximum Gasteiger partial charge on any atom is 0.270 e. The highest BCUT2D eigenvalue weighted by atomic mass is 79.9. The second kappa shape index (κ2) is 9.51. The number of hydrogen-bond donors (Lipinski definition) is 0. The summed E-state index contributed by atoms with van der Waals surface area (Å²) in [6, 6.07) is 29.9. The summed E-state index contributed by atoms with van der Waals surface area (Å²) in [6.07, 6.45) is 1.87. The number of fused-ring (bicyclic) bond motifs is 1. The van der Waals surface area contributed by atoms with Crippen molar-refractivity contribution in [3.8, 4) is 5.75 Å². The lowest BCUT2D eigenvalue weighted by Gasteiger charge is -2.14. The summed E-state index contributed by atoms with van der Waals surface area (Å²) in [4.78, 5) is 15.1. The largest absolute Gasteiger partial charge is 0.489 e. The summed E-state index contributed by atoms with van der Waals surface area (Å²) in [6.45, 7) is 0.496. The highest BCUT2D eigenvalue weighted by molar-refractivity contribution is 9.10. The molecule has 0 bridgehead atoms. The Bertz CT molecular complexity index is 1380. The van der Waals surface area contributed by atoms with E-state index in [1.807, 2.05) is 66.7 Å². The van der Waals surface area contributed by atoms with E-state index in [0.717, 1.165) is 27.0 Å². The molecule has 3 nitrogen and oxygen atoms in total. The third kappa shape index (κ3) is 4.88. The van der Waals surface area contributed by atoms with Gasteiger partial charge in [0.05, 0.1) is 10.6 Å². The highest BCUT2D eigenvalue weighted by Crippen LogP contribution is 2.36. The number of nitrogens with zero attached hydrogens (tertiary/aromatic N) is 1. The molecule has 1 saturated heterocycles. The lowest BCUT2D eigenvalue weighted by Crippen LogP contribution is -2.27. The van der Waals surface area contributed by atoms with Crippen LogP contribution in [-0.4, -0.2) is 10.2 Å². The maximum atomic E-state index is 12.9. The lowest BCUT2D eigenvalue weighted by atomic mass is 10.1. The van der Waals surface area contributed by atoms with Crippen LogP contribution in [0, 0.1) is 0 Å². The zero-order chi connectivity index (χ0) is 22.8. The molecule has 0 atom stereocenters. The molecule has 0 aliphatic carbocycles. The van der Waals surface area contributed by atoms with Crippen LogP contribution in [0.3, 0.4) is 0 Å². The number of ether oxygens (including phenoxy) is 1. The van der Waals surface area contributed by atoms with Gasteiger partial charge < -0.3 is 4.74 Å². The number of rotatable bonds is 5. The SMILES string of the molecule is O=C1/C(=C/c2ccc(OCc3ccc4ccccc4c3)cc2)SC(=S)N1c1ccc(Br)cc1. The molecule has 5 rings (SSSR count). The average Bonchev–Trinajstić information content (AvgIpc) is 3.11. The van der Waals surface area contributed by atoms with E-state index in [0.29, 0.717) is 15.8 Å². The summed E-state index contributed by atoms with van der Waals surface area (Å²) in [5.41, 5.74) is 2.81. The summed E-state index contributed by atoms with van der Waals surface area (Å²) < 4.78 is 7.45. The number of halogens is 1. The average molecular weight is 532 g/mol. The maximum absolute atomic E-state index is 12.9. The van der Waals surface area contributed by atoms with Gasteiger partial charge in [0, 0.05) is 4.47 Å². The fourth-order valence-corrected chi connectivity index (χ4v) is 5.15. The molecule has 4 aromatic rings. The van der Waals surface area contributed by atoms with E-state index in [9.17, 15) is 4.79 Å². The molecule has 1 fully saturated rings. The van der Waals surface area contributed by atoms with Crippen LogP contribution < -0.4 is 9.64 Å². The molecule has 0 aromatic heterocycles. The summed E-state index contributed by atoms with van der Waals surface area (Å²) in [5.74, 6) is 0.673. The van der Waals surface area contributed by atoms with Crippen LogP contribution in [0.4, 0.5) is 5.69 Å². The van der Waals surface area contributed by atoms with E-state index in [2.05, 4.69) is 46.3 Å². The van der Waals surface area contributed by atoms with E-state index < -0.39 is 0 Å². The van der Waals surface area contributed by atoms with Crippen LogP contribution >= 0.6 is 39.9 Å². The van der Waals surface area contributed by atoms with E-state index in [1.165, 1.54) is 22.5 Å². The summed E-state index contributed by atoms with van der Waals surface area (Å²) >= 11 is 10.2. The van der Waals surface area contributed by atoms with Crippen molar-refractivity contribution in [2.24, 2.45) is 0 Å². The molecule has 1 amide bonds. The highest BCUT2D eigenvalue weighted by Gasteiger charge is 2.33. The molecule has 4 aromatic carbocycles. The molecule has 1 aliphatic heterocycles. The van der Waals surface area contributed by atoms with Crippen molar-refractivity contribution in [1.82, 2.24) is 0 Å². The quantitative estimate of drug-likeness (QED) is 0.196. The minimum atomic E-state index is -0.107. The molecule has 0 unspecified atom stereocenters. The van der Waals surface area contributed by atoms with Gasteiger partial charge in [0.2, 0.25) is 0 Å². The number of thioether (sulfide) groups is 1. The monoisotopic (exact) mass is 531 g/mol. The number of anilines is 1. The standard InChI is InChI=1S/C27H18BrNO2S2/c28-22-9-11-23(12-10-22)29-26(30)25(33-27(29)32)16-18-6-13-24(14-7-18)31-17-19-5-8-20-3-1-2-4-21(20)15-19/h1-16H,17H2/b25-16-. The van der Waals surface area contributed by atoms with Gasteiger partial charge in [0.15, 0.2) is 4.32 Å². The fourth-order valence-electron chi connectivity index (χ4n) is 3.59. The van der Waals surface area contributed by atoms with Crippen molar-refractivity contribution < 1.29 is 9.53 Å². The van der Waals surface area contributed by atoms with Crippen molar-refractivity contribution in [3.63, 3.8) is 0 Å². The molecule has 0 N–H and O–H groups in total. The Kier molecular flexibility index (Phi) is 6.31. The number of amides is 1. The van der Waals surface area contributed by atoms with E-state index in [4.69, 9.17) is 17.0 Å². The minimum Gasteiger partial charge on any atom is -0.489 e. The van der Waals surface area contributed by atoms with Crippen molar-refractivity contribution >= 4 is 72.7 Å². The van der Waals surface area contributed by atoms with Gasteiger partial charge in [-0.05, 0) is 70.4 Å². The van der Waals surface area contributed by atoms with Crippen molar-refractivity contribution in [2.45, 2.75) is 6.61 Å². The number of benzene rings is 4. The molecule has 0 saturated carbocycles. The Morgan fingerprint density at radius 3 is 2.39 bits per heavy atom. The van der Waals surface area contributed by atoms with Crippen LogP contribution in [0.2, 0.25) is 0 Å². The van der Waals surface area contributed by atoms with Crippen LogP contribution in [0.1, 0.15) is 11.1 Å². The Morgan fingerprint density at radius 2 is 1.64 bits per heavy atom. The fraction of sp³-hybridized carbons (Fsp3) is 0.0370.